The van der Waals surface area contributed by atoms with Gasteiger partial charge in [-0.15, -0.1) is 0 Å². The second-order valence-electron chi connectivity index (χ2n) is 6.16. The molecule has 2 rings (SSSR count). The molecule has 2 heteroatoms. The van der Waals surface area contributed by atoms with Crippen LogP contribution in [0.1, 0.15) is 44.2 Å². The van der Waals surface area contributed by atoms with E-state index in [0.29, 0.717) is 5.92 Å². The molecule has 0 aliphatic carbocycles. The summed E-state index contributed by atoms with van der Waals surface area (Å²) in [5.74, 6) is 0.560. The summed E-state index contributed by atoms with van der Waals surface area (Å²) >= 11 is 0. The van der Waals surface area contributed by atoms with E-state index in [1.54, 1.807) is 12.1 Å². The number of benzene rings is 1. The molecular formula is C16H24FN. The molecule has 1 aliphatic rings. The maximum Gasteiger partial charge on any atom is 0.123 e. The Labute approximate surface area is 110 Å². The van der Waals surface area contributed by atoms with Crippen LogP contribution in [0.4, 0.5) is 4.39 Å². The Morgan fingerprint density at radius 3 is 2.72 bits per heavy atom. The summed E-state index contributed by atoms with van der Waals surface area (Å²) < 4.78 is 13.2. The summed E-state index contributed by atoms with van der Waals surface area (Å²) in [4.78, 5) is 0. The number of rotatable bonds is 4. The maximum atomic E-state index is 13.2. The van der Waals surface area contributed by atoms with Gasteiger partial charge in [-0.05, 0) is 68.3 Å². The van der Waals surface area contributed by atoms with E-state index in [4.69, 9.17) is 0 Å². The van der Waals surface area contributed by atoms with Gasteiger partial charge in [-0.2, -0.15) is 0 Å². The van der Waals surface area contributed by atoms with E-state index in [-0.39, 0.29) is 11.4 Å². The summed E-state index contributed by atoms with van der Waals surface area (Å²) in [7, 11) is 0. The molecule has 1 aromatic carbocycles. The average molecular weight is 249 g/mol. The van der Waals surface area contributed by atoms with Crippen LogP contribution in [0.3, 0.4) is 0 Å². The van der Waals surface area contributed by atoms with Crippen molar-refractivity contribution in [3.8, 4) is 0 Å². The highest BCUT2D eigenvalue weighted by molar-refractivity contribution is 5.28. The van der Waals surface area contributed by atoms with E-state index in [0.717, 1.165) is 18.5 Å². The van der Waals surface area contributed by atoms with Gasteiger partial charge in [0.15, 0.2) is 0 Å². The first-order valence-corrected chi connectivity index (χ1v) is 7.01. The molecule has 0 spiro atoms. The van der Waals surface area contributed by atoms with Gasteiger partial charge in [-0.1, -0.05) is 19.9 Å². The van der Waals surface area contributed by atoms with Gasteiger partial charge in [0.2, 0.25) is 0 Å². The van der Waals surface area contributed by atoms with Crippen LogP contribution in [0.5, 0.6) is 0 Å². The van der Waals surface area contributed by atoms with Gasteiger partial charge in [-0.25, -0.2) is 4.39 Å². The van der Waals surface area contributed by atoms with Crippen molar-refractivity contribution >= 4 is 0 Å². The van der Waals surface area contributed by atoms with Gasteiger partial charge in [0, 0.05) is 5.54 Å². The molecule has 1 saturated heterocycles. The highest BCUT2D eigenvalue weighted by atomic mass is 19.1. The Morgan fingerprint density at radius 2 is 2.17 bits per heavy atom. The third-order valence-electron chi connectivity index (χ3n) is 3.96. The minimum atomic E-state index is -0.131. The van der Waals surface area contributed by atoms with Gasteiger partial charge in [0.25, 0.3) is 0 Å². The van der Waals surface area contributed by atoms with Crippen molar-refractivity contribution in [3.05, 3.63) is 35.1 Å². The quantitative estimate of drug-likeness (QED) is 0.854. The Kier molecular flexibility index (Phi) is 4.06. The lowest BCUT2D eigenvalue weighted by Crippen LogP contribution is -2.43. The molecule has 18 heavy (non-hydrogen) atoms. The zero-order chi connectivity index (χ0) is 13.2. The molecule has 0 saturated carbocycles. The van der Waals surface area contributed by atoms with Crippen molar-refractivity contribution in [3.63, 3.8) is 0 Å². The predicted molar refractivity (Wildman–Crippen MR) is 74.3 cm³/mol. The van der Waals surface area contributed by atoms with Crippen molar-refractivity contribution in [1.82, 2.24) is 5.32 Å². The van der Waals surface area contributed by atoms with E-state index in [1.807, 2.05) is 13.0 Å². The summed E-state index contributed by atoms with van der Waals surface area (Å²) in [5, 5.41) is 3.70. The molecule has 1 aliphatic heterocycles. The Bertz CT molecular complexity index is 406. The first-order valence-electron chi connectivity index (χ1n) is 7.01. The van der Waals surface area contributed by atoms with E-state index in [1.165, 1.54) is 24.8 Å². The monoisotopic (exact) mass is 249 g/mol. The van der Waals surface area contributed by atoms with Crippen LogP contribution in [-0.2, 0) is 6.42 Å². The van der Waals surface area contributed by atoms with E-state index in [2.05, 4.69) is 19.2 Å². The van der Waals surface area contributed by atoms with Crippen molar-refractivity contribution in [2.24, 2.45) is 5.92 Å². The van der Waals surface area contributed by atoms with Gasteiger partial charge >= 0.3 is 0 Å². The van der Waals surface area contributed by atoms with Crippen LogP contribution >= 0.6 is 0 Å². The lowest BCUT2D eigenvalue weighted by molar-refractivity contribution is 0.301. The Balaban J connectivity index is 2.18. The van der Waals surface area contributed by atoms with Crippen molar-refractivity contribution in [2.45, 2.75) is 52.0 Å². The van der Waals surface area contributed by atoms with E-state index in [9.17, 15) is 4.39 Å². The highest BCUT2D eigenvalue weighted by Crippen LogP contribution is 2.31. The molecule has 1 unspecified atom stereocenters. The first kappa shape index (κ1) is 13.5. The van der Waals surface area contributed by atoms with Gasteiger partial charge < -0.3 is 5.32 Å². The number of halogens is 1. The molecule has 100 valence electrons. The fourth-order valence-electron chi connectivity index (χ4n) is 3.27. The molecule has 0 radical (unpaired) electrons. The maximum absolute atomic E-state index is 13.2. The second-order valence-corrected chi connectivity index (χ2v) is 6.16. The summed E-state index contributed by atoms with van der Waals surface area (Å²) in [5.41, 5.74) is 2.59. The van der Waals surface area contributed by atoms with Crippen LogP contribution in [0.2, 0.25) is 0 Å². The summed E-state index contributed by atoms with van der Waals surface area (Å²) in [6.07, 6.45) is 4.72. The highest BCUT2D eigenvalue weighted by Gasteiger charge is 2.34. The lowest BCUT2D eigenvalue weighted by atomic mass is 9.81. The van der Waals surface area contributed by atoms with Crippen molar-refractivity contribution < 1.29 is 4.39 Å². The molecular weight excluding hydrogens is 225 g/mol. The van der Waals surface area contributed by atoms with Crippen LogP contribution in [0, 0.1) is 18.7 Å². The zero-order valence-corrected chi connectivity index (χ0v) is 11.7. The lowest BCUT2D eigenvalue weighted by Gasteiger charge is -2.32. The second kappa shape index (κ2) is 5.40. The topological polar surface area (TPSA) is 12.0 Å². The first-order chi connectivity index (χ1) is 8.51. The number of aryl methyl sites for hydroxylation is 1. The average Bonchev–Trinajstić information content (AvgIpc) is 2.70. The molecule has 1 N–H and O–H groups in total. The normalized spacial score (nSPS) is 23.8. The molecule has 1 nitrogen and oxygen atoms in total. The van der Waals surface area contributed by atoms with E-state index < -0.39 is 0 Å². The smallest absolute Gasteiger partial charge is 0.123 e. The molecule has 1 heterocycles. The molecule has 1 atom stereocenters. The van der Waals surface area contributed by atoms with Crippen molar-refractivity contribution in [1.29, 1.82) is 0 Å². The fraction of sp³-hybridized carbons (Fsp3) is 0.625. The molecule has 0 amide bonds. The van der Waals surface area contributed by atoms with E-state index >= 15 is 0 Å². The third-order valence-corrected chi connectivity index (χ3v) is 3.96. The fourth-order valence-corrected chi connectivity index (χ4v) is 3.27. The largest absolute Gasteiger partial charge is 0.311 e. The van der Waals surface area contributed by atoms with Gasteiger partial charge in [0.05, 0.1) is 0 Å². The Hall–Kier alpha value is -0.890. The predicted octanol–water partition coefficient (Wildman–Crippen LogP) is 3.84. The minimum Gasteiger partial charge on any atom is -0.311 e. The molecule has 0 aromatic heterocycles. The molecule has 1 fully saturated rings. The standard InChI is InChI=1S/C16H24FN/c1-12(2)10-16(7-4-8-18-16)11-14-5-6-15(17)9-13(14)3/h5-6,9,12,18H,4,7-8,10-11H2,1-3H3. The summed E-state index contributed by atoms with van der Waals surface area (Å²) in [6, 6.07) is 5.18. The van der Waals surface area contributed by atoms with Crippen molar-refractivity contribution in [2.75, 3.05) is 6.54 Å². The Morgan fingerprint density at radius 1 is 1.39 bits per heavy atom. The number of nitrogens with one attached hydrogen (secondary N) is 1. The SMILES string of the molecule is Cc1cc(F)ccc1CC1(CC(C)C)CCCN1. The molecule has 1 aromatic rings. The van der Waals surface area contributed by atoms with Crippen LogP contribution < -0.4 is 5.32 Å². The summed E-state index contributed by atoms with van der Waals surface area (Å²) in [6.45, 7) is 7.68. The van der Waals surface area contributed by atoms with Crippen LogP contribution in [0.15, 0.2) is 18.2 Å². The third kappa shape index (κ3) is 3.11. The minimum absolute atomic E-state index is 0.131. The van der Waals surface area contributed by atoms with Crippen LogP contribution in [-0.4, -0.2) is 12.1 Å². The van der Waals surface area contributed by atoms with Gasteiger partial charge in [0.1, 0.15) is 5.82 Å². The zero-order valence-electron chi connectivity index (χ0n) is 11.7. The number of hydrogen-bond donors (Lipinski definition) is 1. The number of hydrogen-bond acceptors (Lipinski definition) is 1. The molecule has 0 bridgehead atoms. The van der Waals surface area contributed by atoms with Crippen LogP contribution in [0.25, 0.3) is 0 Å². The van der Waals surface area contributed by atoms with Gasteiger partial charge in [-0.3, -0.25) is 0 Å².